The van der Waals surface area contributed by atoms with Crippen molar-refractivity contribution in [2.75, 3.05) is 6.26 Å². The molecule has 1 aromatic rings. The highest BCUT2D eigenvalue weighted by Crippen LogP contribution is 2.19. The maximum Gasteiger partial charge on any atom is 0.272 e. The van der Waals surface area contributed by atoms with Crippen molar-refractivity contribution in [3.8, 4) is 5.88 Å². The van der Waals surface area contributed by atoms with Gasteiger partial charge in [0.05, 0.1) is 0 Å². The Kier molecular flexibility index (Phi) is 3.14. The van der Waals surface area contributed by atoms with E-state index in [2.05, 4.69) is 0 Å². The molecule has 0 radical (unpaired) electrons. The Bertz CT molecular complexity index is 569. The number of nitrogens with zero attached hydrogens (tertiary/aromatic N) is 1. The van der Waals surface area contributed by atoms with Crippen LogP contribution in [0.1, 0.15) is 25.5 Å². The van der Waals surface area contributed by atoms with Gasteiger partial charge >= 0.3 is 0 Å². The monoisotopic (exact) mass is 245 g/mol. The molecule has 0 aromatic carbocycles. The van der Waals surface area contributed by atoms with Crippen LogP contribution in [0.3, 0.4) is 0 Å². The first-order valence-electron chi connectivity index (χ1n) is 4.81. The molecular formula is C10H15NO4S. The standard InChI is InChI=1S/C10H15NO4S/c1-6(2)11-8(12)5-7(3)9(10(11)13)16(4,14)15/h5-6,12H,1-4H3. The number of sulfone groups is 1. The summed E-state index contributed by atoms with van der Waals surface area (Å²) in [5.74, 6) is -0.218. The fourth-order valence-corrected chi connectivity index (χ4v) is 2.72. The van der Waals surface area contributed by atoms with Crippen LogP contribution in [0.4, 0.5) is 0 Å². The molecule has 0 amide bonds. The van der Waals surface area contributed by atoms with Gasteiger partial charge in [0, 0.05) is 18.4 Å². The van der Waals surface area contributed by atoms with E-state index in [1.165, 1.54) is 13.0 Å². The van der Waals surface area contributed by atoms with E-state index in [4.69, 9.17) is 0 Å². The predicted octanol–water partition coefficient (Wildman–Crippen LogP) is 0.847. The van der Waals surface area contributed by atoms with Gasteiger partial charge in [-0.05, 0) is 26.3 Å². The van der Waals surface area contributed by atoms with Gasteiger partial charge in [-0.1, -0.05) is 0 Å². The zero-order valence-corrected chi connectivity index (χ0v) is 10.5. The highest BCUT2D eigenvalue weighted by atomic mass is 32.2. The fourth-order valence-electron chi connectivity index (χ4n) is 1.66. The van der Waals surface area contributed by atoms with Crippen LogP contribution in [0.5, 0.6) is 5.88 Å². The van der Waals surface area contributed by atoms with E-state index in [1.54, 1.807) is 13.8 Å². The second kappa shape index (κ2) is 3.93. The van der Waals surface area contributed by atoms with Gasteiger partial charge in [-0.25, -0.2) is 8.42 Å². The lowest BCUT2D eigenvalue weighted by Crippen LogP contribution is -2.28. The molecule has 16 heavy (non-hydrogen) atoms. The van der Waals surface area contributed by atoms with Crippen LogP contribution < -0.4 is 5.56 Å². The van der Waals surface area contributed by atoms with Crippen LogP contribution >= 0.6 is 0 Å². The molecule has 0 aliphatic rings. The summed E-state index contributed by atoms with van der Waals surface area (Å²) in [5, 5.41) is 9.60. The second-order valence-electron chi connectivity index (χ2n) is 4.06. The zero-order valence-electron chi connectivity index (χ0n) is 9.68. The third kappa shape index (κ3) is 2.11. The van der Waals surface area contributed by atoms with Crippen molar-refractivity contribution < 1.29 is 13.5 Å². The van der Waals surface area contributed by atoms with Crippen LogP contribution in [0.2, 0.25) is 0 Å². The van der Waals surface area contributed by atoms with Gasteiger partial charge in [-0.15, -0.1) is 0 Å². The summed E-state index contributed by atoms with van der Waals surface area (Å²) >= 11 is 0. The van der Waals surface area contributed by atoms with E-state index in [-0.39, 0.29) is 22.4 Å². The smallest absolute Gasteiger partial charge is 0.272 e. The molecule has 5 nitrogen and oxygen atoms in total. The molecule has 6 heteroatoms. The third-order valence-corrected chi connectivity index (χ3v) is 3.49. The number of rotatable bonds is 2. The van der Waals surface area contributed by atoms with Crippen LogP contribution in [-0.2, 0) is 9.84 Å². The van der Waals surface area contributed by atoms with Gasteiger partial charge in [0.2, 0.25) is 0 Å². The lowest BCUT2D eigenvalue weighted by atomic mass is 10.2. The largest absolute Gasteiger partial charge is 0.494 e. The summed E-state index contributed by atoms with van der Waals surface area (Å²) < 4.78 is 24.0. The van der Waals surface area contributed by atoms with Gasteiger partial charge in [0.25, 0.3) is 5.56 Å². The van der Waals surface area contributed by atoms with Crippen molar-refractivity contribution in [1.29, 1.82) is 0 Å². The van der Waals surface area contributed by atoms with E-state index >= 15 is 0 Å². The number of pyridine rings is 1. The van der Waals surface area contributed by atoms with Crippen molar-refractivity contribution in [3.63, 3.8) is 0 Å². The molecule has 1 N–H and O–H groups in total. The molecule has 0 unspecified atom stereocenters. The molecule has 0 saturated carbocycles. The molecule has 0 fully saturated rings. The lowest BCUT2D eigenvalue weighted by molar-refractivity contribution is 0.384. The Balaban J connectivity index is 3.80. The summed E-state index contributed by atoms with van der Waals surface area (Å²) in [6.45, 7) is 4.88. The van der Waals surface area contributed by atoms with Crippen LogP contribution in [0, 0.1) is 6.92 Å². The molecule has 1 rings (SSSR count). The van der Waals surface area contributed by atoms with Gasteiger partial charge in [0.15, 0.2) is 15.7 Å². The number of aromatic hydroxyl groups is 1. The number of hydrogen-bond donors (Lipinski definition) is 1. The number of aryl methyl sites for hydroxylation is 1. The molecule has 0 aliphatic carbocycles. The third-order valence-electron chi connectivity index (χ3n) is 2.25. The Morgan fingerprint density at radius 1 is 1.38 bits per heavy atom. The quantitative estimate of drug-likeness (QED) is 0.838. The van der Waals surface area contributed by atoms with E-state index < -0.39 is 15.4 Å². The van der Waals surface area contributed by atoms with Gasteiger partial charge in [-0.2, -0.15) is 0 Å². The second-order valence-corrected chi connectivity index (χ2v) is 6.01. The van der Waals surface area contributed by atoms with E-state index in [0.29, 0.717) is 0 Å². The minimum atomic E-state index is -3.58. The van der Waals surface area contributed by atoms with Gasteiger partial charge in [-0.3, -0.25) is 9.36 Å². The first-order chi connectivity index (χ1) is 7.16. The molecule has 1 heterocycles. The molecule has 1 aromatic heterocycles. The summed E-state index contributed by atoms with van der Waals surface area (Å²) in [7, 11) is -3.58. The van der Waals surface area contributed by atoms with Gasteiger partial charge in [0.1, 0.15) is 4.90 Å². The maximum atomic E-state index is 11.9. The minimum absolute atomic E-state index is 0.218. The summed E-state index contributed by atoms with van der Waals surface area (Å²) in [6, 6.07) is 0.992. The van der Waals surface area contributed by atoms with Crippen molar-refractivity contribution in [2.24, 2.45) is 0 Å². The lowest BCUT2D eigenvalue weighted by Gasteiger charge is -2.14. The first kappa shape index (κ1) is 12.8. The Morgan fingerprint density at radius 3 is 2.25 bits per heavy atom. The number of aromatic nitrogens is 1. The molecule has 0 bridgehead atoms. The Hall–Kier alpha value is -1.30. The van der Waals surface area contributed by atoms with Crippen molar-refractivity contribution in [3.05, 3.63) is 22.0 Å². The predicted molar refractivity (Wildman–Crippen MR) is 60.6 cm³/mol. The molecule has 0 atom stereocenters. The first-order valence-corrected chi connectivity index (χ1v) is 6.70. The van der Waals surface area contributed by atoms with E-state index in [0.717, 1.165) is 10.8 Å². The average Bonchev–Trinajstić information content (AvgIpc) is 1.97. The summed E-state index contributed by atoms with van der Waals surface area (Å²) in [4.78, 5) is 11.7. The Morgan fingerprint density at radius 2 is 1.88 bits per heavy atom. The highest BCUT2D eigenvalue weighted by Gasteiger charge is 2.21. The summed E-state index contributed by atoms with van der Waals surface area (Å²) in [5.41, 5.74) is -0.406. The minimum Gasteiger partial charge on any atom is -0.494 e. The fraction of sp³-hybridized carbons (Fsp3) is 0.500. The zero-order chi connectivity index (χ0) is 12.7. The van der Waals surface area contributed by atoms with Crippen molar-refractivity contribution in [1.82, 2.24) is 4.57 Å². The van der Waals surface area contributed by atoms with Crippen LogP contribution in [0.25, 0.3) is 0 Å². The topological polar surface area (TPSA) is 76.4 Å². The molecule has 0 saturated heterocycles. The average molecular weight is 245 g/mol. The number of hydrogen-bond acceptors (Lipinski definition) is 4. The van der Waals surface area contributed by atoms with E-state index in [9.17, 15) is 18.3 Å². The molecular weight excluding hydrogens is 230 g/mol. The normalized spacial score (nSPS) is 12.1. The van der Waals surface area contributed by atoms with Crippen molar-refractivity contribution >= 4 is 9.84 Å². The van der Waals surface area contributed by atoms with E-state index in [1.807, 2.05) is 0 Å². The highest BCUT2D eigenvalue weighted by molar-refractivity contribution is 7.90. The van der Waals surface area contributed by atoms with Crippen LogP contribution in [-0.4, -0.2) is 24.3 Å². The molecule has 0 aliphatic heterocycles. The molecule has 0 spiro atoms. The maximum absolute atomic E-state index is 11.9. The Labute approximate surface area is 94.3 Å². The van der Waals surface area contributed by atoms with Crippen molar-refractivity contribution in [2.45, 2.75) is 31.7 Å². The SMILES string of the molecule is Cc1cc(O)n(C(C)C)c(=O)c1S(C)(=O)=O. The van der Waals surface area contributed by atoms with Crippen LogP contribution in [0.15, 0.2) is 15.8 Å². The molecule has 90 valence electrons. The van der Waals surface area contributed by atoms with Gasteiger partial charge < -0.3 is 5.11 Å². The summed E-state index contributed by atoms with van der Waals surface area (Å²) in [6.07, 6.45) is 0.985.